The van der Waals surface area contributed by atoms with Crippen molar-refractivity contribution in [1.82, 2.24) is 0 Å². The van der Waals surface area contributed by atoms with Crippen LogP contribution in [0.25, 0.3) is 0 Å². The van der Waals surface area contributed by atoms with Crippen molar-refractivity contribution in [2.45, 2.75) is 13.3 Å². The number of nitrogens with two attached hydrogens (primary N) is 1. The van der Waals surface area contributed by atoms with Crippen LogP contribution < -0.4 is 20.7 Å². The van der Waals surface area contributed by atoms with Gasteiger partial charge < -0.3 is 20.7 Å². The summed E-state index contributed by atoms with van der Waals surface area (Å²) >= 11 is 6.04. The number of nitrogens with zero attached hydrogens (tertiary/aromatic N) is 1. The zero-order valence-electron chi connectivity index (χ0n) is 15.3. The number of hydrogen-bond donors (Lipinski definition) is 2. The fourth-order valence-electron chi connectivity index (χ4n) is 2.95. The van der Waals surface area contributed by atoms with Gasteiger partial charge in [-0.1, -0.05) is 17.7 Å². The predicted octanol–water partition coefficient (Wildman–Crippen LogP) is 2.50. The highest BCUT2D eigenvalue weighted by atomic mass is 35.5. The Balaban J connectivity index is 1.56. The molecular weight excluding hydrogens is 382 g/mol. The second-order valence-electron chi connectivity index (χ2n) is 6.55. The van der Waals surface area contributed by atoms with Gasteiger partial charge in [0.15, 0.2) is 6.61 Å². The fourth-order valence-corrected chi connectivity index (χ4v) is 3.12. The Morgan fingerprint density at radius 3 is 2.61 bits per heavy atom. The van der Waals surface area contributed by atoms with E-state index < -0.39 is 11.8 Å². The fraction of sp³-hybridized carbons (Fsp3) is 0.250. The number of carbonyl (C=O) groups is 3. The van der Waals surface area contributed by atoms with Crippen LogP contribution in [0, 0.1) is 12.8 Å². The predicted molar refractivity (Wildman–Crippen MR) is 106 cm³/mol. The molecule has 1 saturated heterocycles. The molecule has 0 bridgehead atoms. The van der Waals surface area contributed by atoms with Crippen LogP contribution in [-0.4, -0.2) is 30.9 Å². The van der Waals surface area contributed by atoms with Crippen molar-refractivity contribution in [3.05, 3.63) is 53.1 Å². The molecule has 3 amide bonds. The van der Waals surface area contributed by atoms with Crippen LogP contribution in [0.2, 0.25) is 5.02 Å². The van der Waals surface area contributed by atoms with E-state index >= 15 is 0 Å². The summed E-state index contributed by atoms with van der Waals surface area (Å²) in [6, 6.07) is 12.0. The molecule has 7 nitrogen and oxygen atoms in total. The van der Waals surface area contributed by atoms with Crippen molar-refractivity contribution >= 4 is 40.7 Å². The third-order valence-corrected chi connectivity index (χ3v) is 5.00. The third-order valence-electron chi connectivity index (χ3n) is 4.59. The highest BCUT2D eigenvalue weighted by molar-refractivity contribution is 6.31. The van der Waals surface area contributed by atoms with Crippen molar-refractivity contribution in [3.8, 4) is 5.75 Å². The van der Waals surface area contributed by atoms with Crippen molar-refractivity contribution in [3.63, 3.8) is 0 Å². The van der Waals surface area contributed by atoms with Crippen LogP contribution in [0.1, 0.15) is 12.0 Å². The smallest absolute Gasteiger partial charge is 0.262 e. The van der Waals surface area contributed by atoms with E-state index in [1.807, 2.05) is 6.92 Å². The topological polar surface area (TPSA) is 102 Å². The standard InChI is InChI=1S/C20H20ClN3O4/c1-12-16(21)3-2-4-17(12)23-18(25)11-28-15-7-5-14(6-8-15)24-10-13(20(22)27)9-19(24)26/h2-8,13H,9-11H2,1H3,(H2,22,27)(H,23,25)/t13-/m1/s1. The zero-order valence-corrected chi connectivity index (χ0v) is 16.0. The molecule has 0 radical (unpaired) electrons. The van der Waals surface area contributed by atoms with Gasteiger partial charge in [-0.3, -0.25) is 14.4 Å². The summed E-state index contributed by atoms with van der Waals surface area (Å²) < 4.78 is 5.49. The van der Waals surface area contributed by atoms with E-state index in [4.69, 9.17) is 22.1 Å². The van der Waals surface area contributed by atoms with E-state index in [9.17, 15) is 14.4 Å². The quantitative estimate of drug-likeness (QED) is 0.776. The first-order valence-corrected chi connectivity index (χ1v) is 9.10. The molecule has 3 N–H and O–H groups in total. The van der Waals surface area contributed by atoms with E-state index in [0.29, 0.717) is 22.1 Å². The van der Waals surface area contributed by atoms with Crippen LogP contribution in [0.4, 0.5) is 11.4 Å². The molecule has 3 rings (SSSR count). The van der Waals surface area contributed by atoms with Gasteiger partial charge in [-0.25, -0.2) is 0 Å². The number of halogens is 1. The average molecular weight is 402 g/mol. The number of hydrogen-bond acceptors (Lipinski definition) is 4. The number of primary amides is 1. The van der Waals surface area contributed by atoms with E-state index in [2.05, 4.69) is 5.32 Å². The van der Waals surface area contributed by atoms with Crippen molar-refractivity contribution in [2.24, 2.45) is 11.7 Å². The number of amides is 3. The molecule has 1 fully saturated rings. The van der Waals surface area contributed by atoms with Crippen LogP contribution in [-0.2, 0) is 14.4 Å². The number of rotatable bonds is 6. The summed E-state index contributed by atoms with van der Waals surface area (Å²) in [6.45, 7) is 1.92. The molecule has 0 unspecified atom stereocenters. The van der Waals surface area contributed by atoms with Crippen LogP contribution in [0.3, 0.4) is 0 Å². The van der Waals surface area contributed by atoms with Crippen molar-refractivity contribution < 1.29 is 19.1 Å². The van der Waals surface area contributed by atoms with Crippen LogP contribution in [0.15, 0.2) is 42.5 Å². The number of carbonyl (C=O) groups excluding carboxylic acids is 3. The molecule has 1 aliphatic heterocycles. The highest BCUT2D eigenvalue weighted by Crippen LogP contribution is 2.27. The van der Waals surface area contributed by atoms with Gasteiger partial charge in [-0.05, 0) is 48.9 Å². The molecule has 1 atom stereocenters. The molecule has 0 saturated carbocycles. The summed E-state index contributed by atoms with van der Waals surface area (Å²) in [5, 5.41) is 3.33. The Bertz CT molecular complexity index is 914. The molecule has 2 aromatic rings. The number of benzene rings is 2. The maximum Gasteiger partial charge on any atom is 0.262 e. The Morgan fingerprint density at radius 1 is 1.25 bits per heavy atom. The molecule has 0 aliphatic carbocycles. The van der Waals surface area contributed by atoms with Gasteiger partial charge in [0.05, 0.1) is 5.92 Å². The van der Waals surface area contributed by atoms with Gasteiger partial charge in [0.1, 0.15) is 5.75 Å². The second kappa shape index (κ2) is 8.31. The molecule has 146 valence electrons. The van der Waals surface area contributed by atoms with Gasteiger partial charge in [-0.2, -0.15) is 0 Å². The van der Waals surface area contributed by atoms with E-state index in [-0.39, 0.29) is 31.4 Å². The van der Waals surface area contributed by atoms with Crippen LogP contribution in [0.5, 0.6) is 5.75 Å². The summed E-state index contributed by atoms with van der Waals surface area (Å²) in [6.07, 6.45) is 0.122. The normalized spacial score (nSPS) is 16.1. The molecular formula is C20H20ClN3O4. The Kier molecular flexibility index (Phi) is 5.84. The van der Waals surface area contributed by atoms with Gasteiger partial charge in [0.2, 0.25) is 11.8 Å². The SMILES string of the molecule is Cc1c(Cl)cccc1NC(=O)COc1ccc(N2C[C@H](C(N)=O)CC2=O)cc1. The van der Waals surface area contributed by atoms with Gasteiger partial charge in [0, 0.05) is 29.4 Å². The lowest BCUT2D eigenvalue weighted by molar-refractivity contribution is -0.123. The molecule has 0 spiro atoms. The Hall–Kier alpha value is -3.06. The van der Waals surface area contributed by atoms with Gasteiger partial charge in [-0.15, -0.1) is 0 Å². The minimum absolute atomic E-state index is 0.122. The average Bonchev–Trinajstić information content (AvgIpc) is 3.06. The Labute approximate surface area is 167 Å². The van der Waals surface area contributed by atoms with Crippen molar-refractivity contribution in [2.75, 3.05) is 23.4 Å². The Morgan fingerprint density at radius 2 is 1.96 bits per heavy atom. The van der Waals surface area contributed by atoms with E-state index in [0.717, 1.165) is 5.56 Å². The molecule has 8 heteroatoms. The lowest BCUT2D eigenvalue weighted by atomic mass is 10.1. The third kappa shape index (κ3) is 4.43. The molecule has 2 aromatic carbocycles. The molecule has 1 aliphatic rings. The maximum absolute atomic E-state index is 12.1. The number of ether oxygens (including phenoxy) is 1. The summed E-state index contributed by atoms with van der Waals surface area (Å²) in [7, 11) is 0. The minimum Gasteiger partial charge on any atom is -0.484 e. The van der Waals surface area contributed by atoms with Crippen molar-refractivity contribution in [1.29, 1.82) is 0 Å². The maximum atomic E-state index is 12.1. The summed E-state index contributed by atoms with van der Waals surface area (Å²) in [5.74, 6) is -0.916. The second-order valence-corrected chi connectivity index (χ2v) is 6.96. The van der Waals surface area contributed by atoms with E-state index in [1.54, 1.807) is 42.5 Å². The first-order valence-electron chi connectivity index (χ1n) is 8.72. The lowest BCUT2D eigenvalue weighted by Gasteiger charge is -2.17. The zero-order chi connectivity index (χ0) is 20.3. The molecule has 1 heterocycles. The van der Waals surface area contributed by atoms with Gasteiger partial charge in [0.25, 0.3) is 5.91 Å². The monoisotopic (exact) mass is 401 g/mol. The van der Waals surface area contributed by atoms with Crippen LogP contribution >= 0.6 is 11.6 Å². The summed E-state index contributed by atoms with van der Waals surface area (Å²) in [4.78, 5) is 36.9. The highest BCUT2D eigenvalue weighted by Gasteiger charge is 2.33. The van der Waals surface area contributed by atoms with E-state index in [1.165, 1.54) is 4.90 Å². The largest absolute Gasteiger partial charge is 0.484 e. The number of anilines is 2. The first-order chi connectivity index (χ1) is 13.3. The lowest BCUT2D eigenvalue weighted by Crippen LogP contribution is -2.28. The molecule has 0 aromatic heterocycles. The van der Waals surface area contributed by atoms with Gasteiger partial charge >= 0.3 is 0 Å². The number of nitrogens with one attached hydrogen (secondary N) is 1. The first kappa shape index (κ1) is 19.7. The minimum atomic E-state index is -0.475. The summed E-state index contributed by atoms with van der Waals surface area (Å²) in [5.41, 5.74) is 7.35. The molecule has 28 heavy (non-hydrogen) atoms.